The third-order valence-corrected chi connectivity index (χ3v) is 5.31. The van der Waals surface area contributed by atoms with Crippen LogP contribution >= 0.6 is 0 Å². The van der Waals surface area contributed by atoms with Crippen LogP contribution in [0, 0.1) is 17.0 Å². The largest absolute Gasteiger partial charge is 0.478 e. The van der Waals surface area contributed by atoms with Crippen LogP contribution in [0.25, 0.3) is 0 Å². The normalized spacial score (nSPS) is 19.1. The fourth-order valence-corrected chi connectivity index (χ4v) is 3.94. The molecule has 1 saturated carbocycles. The number of nitro groups is 1. The summed E-state index contributed by atoms with van der Waals surface area (Å²) in [6.07, 6.45) is 2.62. The van der Waals surface area contributed by atoms with Crippen molar-refractivity contribution >= 4 is 23.4 Å². The first kappa shape index (κ1) is 23.4. The number of rotatable bonds is 6. The molecule has 0 saturated heterocycles. The predicted octanol–water partition coefficient (Wildman–Crippen LogP) is 4.26. The maximum atomic E-state index is 12.0. The van der Waals surface area contributed by atoms with Crippen LogP contribution in [-0.4, -0.2) is 46.3 Å². The lowest BCUT2D eigenvalue weighted by Crippen LogP contribution is -2.45. The van der Waals surface area contributed by atoms with Crippen LogP contribution in [0.5, 0.6) is 0 Å². The van der Waals surface area contributed by atoms with Gasteiger partial charge in [-0.2, -0.15) is 0 Å². The maximum Gasteiger partial charge on any atom is 0.407 e. The van der Waals surface area contributed by atoms with E-state index in [4.69, 9.17) is 4.74 Å². The fourth-order valence-electron chi connectivity index (χ4n) is 3.94. The Morgan fingerprint density at radius 1 is 1.27 bits per heavy atom. The topological polar surface area (TPSA) is 122 Å². The van der Waals surface area contributed by atoms with E-state index < -0.39 is 22.6 Å². The van der Waals surface area contributed by atoms with E-state index in [0.717, 1.165) is 31.7 Å². The predicted molar refractivity (Wildman–Crippen MR) is 113 cm³/mol. The summed E-state index contributed by atoms with van der Waals surface area (Å²) in [5.41, 5.74) is 0.253. The minimum atomic E-state index is -1.18. The van der Waals surface area contributed by atoms with Crippen LogP contribution in [0.4, 0.5) is 16.2 Å². The lowest BCUT2D eigenvalue weighted by atomic mass is 9.89. The van der Waals surface area contributed by atoms with Crippen LogP contribution < -0.4 is 10.2 Å². The molecule has 0 unspecified atom stereocenters. The van der Waals surface area contributed by atoms with E-state index in [9.17, 15) is 24.8 Å². The number of alkyl carbamates (subject to hydrolysis) is 1. The molecule has 1 amide bonds. The Morgan fingerprint density at radius 2 is 1.87 bits per heavy atom. The monoisotopic (exact) mass is 421 g/mol. The number of nitro benzene ring substituents is 1. The average Bonchev–Trinajstić information content (AvgIpc) is 2.62. The van der Waals surface area contributed by atoms with Crippen molar-refractivity contribution in [3.8, 4) is 0 Å². The van der Waals surface area contributed by atoms with Gasteiger partial charge in [-0.1, -0.05) is 0 Å². The Morgan fingerprint density at radius 3 is 2.33 bits per heavy atom. The van der Waals surface area contributed by atoms with Crippen molar-refractivity contribution in [2.24, 2.45) is 0 Å². The van der Waals surface area contributed by atoms with E-state index in [1.165, 1.54) is 6.07 Å². The first-order valence-electron chi connectivity index (χ1n) is 10.2. The van der Waals surface area contributed by atoms with Crippen LogP contribution in [0.15, 0.2) is 12.1 Å². The van der Waals surface area contributed by atoms with E-state index in [1.54, 1.807) is 6.92 Å². The number of ether oxygens (including phenoxy) is 1. The lowest BCUT2D eigenvalue weighted by Gasteiger charge is -2.39. The van der Waals surface area contributed by atoms with Crippen molar-refractivity contribution < 1.29 is 24.4 Å². The Labute approximate surface area is 176 Å². The molecule has 1 aliphatic carbocycles. The molecule has 0 heterocycles. The molecule has 2 rings (SSSR count). The molecule has 9 nitrogen and oxygen atoms in total. The minimum Gasteiger partial charge on any atom is -0.478 e. The van der Waals surface area contributed by atoms with Crippen LogP contribution in [0.2, 0.25) is 0 Å². The summed E-state index contributed by atoms with van der Waals surface area (Å²) in [7, 11) is 0. The van der Waals surface area contributed by atoms with Gasteiger partial charge >= 0.3 is 12.1 Å². The second-order valence-electron chi connectivity index (χ2n) is 8.64. The molecule has 166 valence electrons. The number of nitrogens with zero attached hydrogens (tertiary/aromatic N) is 2. The number of anilines is 1. The Balaban J connectivity index is 2.16. The Hall–Kier alpha value is -2.84. The van der Waals surface area contributed by atoms with Crippen molar-refractivity contribution in [3.63, 3.8) is 0 Å². The SMILES string of the molecule is CCN(c1cc([N+](=O)[O-])cc(C(=O)O)c1C)C1CCC(NC(=O)OC(C)(C)C)CC1. The zero-order chi connectivity index (χ0) is 22.6. The number of carbonyl (C=O) groups excluding carboxylic acids is 1. The molecule has 0 atom stereocenters. The average molecular weight is 421 g/mol. The number of nitrogens with one attached hydrogen (secondary N) is 1. The van der Waals surface area contributed by atoms with Gasteiger partial charge in [-0.05, 0) is 65.9 Å². The van der Waals surface area contributed by atoms with Gasteiger partial charge in [0.1, 0.15) is 5.60 Å². The van der Waals surface area contributed by atoms with E-state index in [2.05, 4.69) is 5.32 Å². The van der Waals surface area contributed by atoms with Gasteiger partial charge in [-0.25, -0.2) is 9.59 Å². The first-order chi connectivity index (χ1) is 13.9. The van der Waals surface area contributed by atoms with E-state index >= 15 is 0 Å². The standard InChI is InChI=1S/C21H31N3O6/c1-6-23(18-12-16(24(28)29)11-17(13(18)2)19(25)26)15-9-7-14(8-10-15)22-20(27)30-21(3,4)5/h11-12,14-15H,6-10H2,1-5H3,(H,22,27)(H,25,26). The molecule has 0 spiro atoms. The molecule has 0 aliphatic heterocycles. The number of carboxylic acids is 1. The zero-order valence-corrected chi connectivity index (χ0v) is 18.2. The number of amides is 1. The summed E-state index contributed by atoms with van der Waals surface area (Å²) in [6.45, 7) is 9.67. The maximum absolute atomic E-state index is 12.0. The molecule has 0 radical (unpaired) electrons. The molecule has 30 heavy (non-hydrogen) atoms. The van der Waals surface area contributed by atoms with Crippen molar-refractivity contribution in [1.29, 1.82) is 0 Å². The number of aromatic carboxylic acids is 1. The van der Waals surface area contributed by atoms with Gasteiger partial charge < -0.3 is 20.1 Å². The molecule has 1 aliphatic rings. The number of hydrogen-bond acceptors (Lipinski definition) is 6. The van der Waals surface area contributed by atoms with Gasteiger partial charge in [0, 0.05) is 36.4 Å². The second-order valence-corrected chi connectivity index (χ2v) is 8.64. The molecule has 0 aromatic heterocycles. The van der Waals surface area contributed by atoms with Gasteiger partial charge in [0.25, 0.3) is 5.69 Å². The number of carboxylic acid groups (broad SMARTS) is 1. The summed E-state index contributed by atoms with van der Waals surface area (Å²) in [5.74, 6) is -1.18. The molecule has 1 aromatic carbocycles. The van der Waals surface area contributed by atoms with Gasteiger partial charge in [-0.3, -0.25) is 10.1 Å². The first-order valence-corrected chi connectivity index (χ1v) is 10.2. The third kappa shape index (κ3) is 5.84. The van der Waals surface area contributed by atoms with Gasteiger partial charge in [0.2, 0.25) is 0 Å². The highest BCUT2D eigenvalue weighted by atomic mass is 16.6. The van der Waals surface area contributed by atoms with Crippen molar-refractivity contribution in [2.45, 2.75) is 78.0 Å². The van der Waals surface area contributed by atoms with Crippen LogP contribution in [0.1, 0.15) is 69.3 Å². The van der Waals surface area contributed by atoms with E-state index in [1.807, 2.05) is 32.6 Å². The summed E-state index contributed by atoms with van der Waals surface area (Å²) < 4.78 is 5.31. The van der Waals surface area contributed by atoms with Crippen molar-refractivity contribution in [2.75, 3.05) is 11.4 Å². The van der Waals surface area contributed by atoms with Crippen molar-refractivity contribution in [3.05, 3.63) is 33.4 Å². The van der Waals surface area contributed by atoms with Crippen LogP contribution in [-0.2, 0) is 4.74 Å². The smallest absolute Gasteiger partial charge is 0.407 e. The number of carbonyl (C=O) groups is 2. The lowest BCUT2D eigenvalue weighted by molar-refractivity contribution is -0.384. The van der Waals surface area contributed by atoms with Crippen molar-refractivity contribution in [1.82, 2.24) is 5.32 Å². The molecular formula is C21H31N3O6. The van der Waals surface area contributed by atoms with E-state index in [0.29, 0.717) is 17.8 Å². The summed E-state index contributed by atoms with van der Waals surface area (Å²) in [4.78, 5) is 36.4. The van der Waals surface area contributed by atoms with E-state index in [-0.39, 0.29) is 23.3 Å². The minimum absolute atomic E-state index is 0.00981. The number of benzene rings is 1. The fraction of sp³-hybridized carbons (Fsp3) is 0.619. The highest BCUT2D eigenvalue weighted by Crippen LogP contribution is 2.34. The summed E-state index contributed by atoms with van der Waals surface area (Å²) >= 11 is 0. The quantitative estimate of drug-likeness (QED) is 0.520. The molecule has 1 aromatic rings. The van der Waals surface area contributed by atoms with Gasteiger partial charge in [-0.15, -0.1) is 0 Å². The van der Waals surface area contributed by atoms with Gasteiger partial charge in [0.05, 0.1) is 10.5 Å². The molecule has 1 fully saturated rings. The molecule has 9 heteroatoms. The molecular weight excluding hydrogens is 390 g/mol. The number of hydrogen-bond donors (Lipinski definition) is 2. The highest BCUT2D eigenvalue weighted by Gasteiger charge is 2.30. The molecule has 2 N–H and O–H groups in total. The highest BCUT2D eigenvalue weighted by molar-refractivity contribution is 5.92. The molecule has 0 bridgehead atoms. The second kappa shape index (κ2) is 9.32. The zero-order valence-electron chi connectivity index (χ0n) is 18.2. The number of non-ortho nitro benzene ring substituents is 1. The van der Waals surface area contributed by atoms with Crippen LogP contribution in [0.3, 0.4) is 0 Å². The van der Waals surface area contributed by atoms with Gasteiger partial charge in [0.15, 0.2) is 0 Å². The Bertz CT molecular complexity index is 810. The summed E-state index contributed by atoms with van der Waals surface area (Å²) in [5, 5.41) is 23.7. The summed E-state index contributed by atoms with van der Waals surface area (Å²) in [6, 6.07) is 2.68. The third-order valence-electron chi connectivity index (χ3n) is 5.31. The Kier molecular flexibility index (Phi) is 7.28.